The van der Waals surface area contributed by atoms with Crippen LogP contribution in [-0.4, -0.2) is 11.0 Å². The van der Waals surface area contributed by atoms with Gasteiger partial charge in [-0.1, -0.05) is 19.1 Å². The van der Waals surface area contributed by atoms with E-state index < -0.39 is 6.10 Å². The maximum Gasteiger partial charge on any atom is 0.228 e. The van der Waals surface area contributed by atoms with E-state index in [2.05, 4.69) is 12.2 Å². The molecule has 1 amide bonds. The van der Waals surface area contributed by atoms with Crippen LogP contribution in [0.3, 0.4) is 0 Å². The quantitative estimate of drug-likeness (QED) is 0.773. The lowest BCUT2D eigenvalue weighted by atomic mass is 9.99. The van der Waals surface area contributed by atoms with Gasteiger partial charge in [-0.15, -0.1) is 0 Å². The zero-order valence-corrected chi connectivity index (χ0v) is 9.00. The number of aryl methyl sites for hydroxylation is 1. The SMILES string of the molecule is CCc1cc2c(c(C(C)O)c1)NC(=O)C2. The molecule has 3 nitrogen and oxygen atoms in total. The van der Waals surface area contributed by atoms with E-state index in [1.54, 1.807) is 6.92 Å². The maximum absolute atomic E-state index is 11.3. The molecule has 3 heteroatoms. The molecule has 80 valence electrons. The molecule has 0 bridgehead atoms. The van der Waals surface area contributed by atoms with Gasteiger partial charge in [0.05, 0.1) is 18.2 Å². The van der Waals surface area contributed by atoms with Crippen LogP contribution >= 0.6 is 0 Å². The van der Waals surface area contributed by atoms with Crippen LogP contribution in [0, 0.1) is 0 Å². The van der Waals surface area contributed by atoms with Crippen LogP contribution in [0.15, 0.2) is 12.1 Å². The van der Waals surface area contributed by atoms with Gasteiger partial charge in [0.1, 0.15) is 0 Å². The topological polar surface area (TPSA) is 49.3 Å². The molecule has 1 aromatic rings. The van der Waals surface area contributed by atoms with Gasteiger partial charge in [-0.3, -0.25) is 4.79 Å². The minimum absolute atomic E-state index is 0.0140. The molecular weight excluding hydrogens is 190 g/mol. The number of rotatable bonds is 2. The lowest BCUT2D eigenvalue weighted by molar-refractivity contribution is -0.115. The zero-order chi connectivity index (χ0) is 11.0. The molecule has 1 heterocycles. The highest BCUT2D eigenvalue weighted by Gasteiger charge is 2.22. The number of anilines is 1. The minimum Gasteiger partial charge on any atom is -0.389 e. The Morgan fingerprint density at radius 1 is 1.53 bits per heavy atom. The molecule has 1 atom stereocenters. The summed E-state index contributed by atoms with van der Waals surface area (Å²) in [6.45, 7) is 3.79. The molecule has 0 spiro atoms. The fourth-order valence-electron chi connectivity index (χ4n) is 1.98. The number of hydrogen-bond acceptors (Lipinski definition) is 2. The lowest BCUT2D eigenvalue weighted by Crippen LogP contribution is -2.06. The molecule has 0 radical (unpaired) electrons. The minimum atomic E-state index is -0.538. The van der Waals surface area contributed by atoms with Crippen molar-refractivity contribution in [1.29, 1.82) is 0 Å². The molecule has 1 aliphatic rings. The van der Waals surface area contributed by atoms with E-state index in [1.165, 1.54) is 5.56 Å². The van der Waals surface area contributed by atoms with Crippen molar-refractivity contribution < 1.29 is 9.90 Å². The monoisotopic (exact) mass is 205 g/mol. The summed E-state index contributed by atoms with van der Waals surface area (Å²) < 4.78 is 0. The molecule has 1 aliphatic heterocycles. The predicted octanol–water partition coefficient (Wildman–Crippen LogP) is 1.80. The van der Waals surface area contributed by atoms with E-state index in [9.17, 15) is 9.90 Å². The third-order valence-corrected chi connectivity index (χ3v) is 2.78. The van der Waals surface area contributed by atoms with Crippen molar-refractivity contribution in [2.24, 2.45) is 0 Å². The van der Waals surface area contributed by atoms with Crippen LogP contribution in [0.5, 0.6) is 0 Å². The van der Waals surface area contributed by atoms with Gasteiger partial charge in [0.15, 0.2) is 0 Å². The summed E-state index contributed by atoms with van der Waals surface area (Å²) in [7, 11) is 0. The molecular formula is C12H15NO2. The molecule has 0 saturated heterocycles. The van der Waals surface area contributed by atoms with Gasteiger partial charge >= 0.3 is 0 Å². The van der Waals surface area contributed by atoms with E-state index in [4.69, 9.17) is 0 Å². The van der Waals surface area contributed by atoms with Gasteiger partial charge in [0.25, 0.3) is 0 Å². The fraction of sp³-hybridized carbons (Fsp3) is 0.417. The van der Waals surface area contributed by atoms with E-state index >= 15 is 0 Å². The van der Waals surface area contributed by atoms with E-state index in [1.807, 2.05) is 12.1 Å². The first-order valence-electron chi connectivity index (χ1n) is 5.25. The number of fused-ring (bicyclic) bond motifs is 1. The van der Waals surface area contributed by atoms with E-state index in [-0.39, 0.29) is 5.91 Å². The first-order valence-corrected chi connectivity index (χ1v) is 5.25. The van der Waals surface area contributed by atoms with Gasteiger partial charge in [-0.25, -0.2) is 0 Å². The summed E-state index contributed by atoms with van der Waals surface area (Å²) in [6, 6.07) is 4.01. The van der Waals surface area contributed by atoms with Crippen LogP contribution in [0.2, 0.25) is 0 Å². The van der Waals surface area contributed by atoms with Crippen LogP contribution in [0.1, 0.15) is 36.6 Å². The highest BCUT2D eigenvalue weighted by Crippen LogP contribution is 2.32. The van der Waals surface area contributed by atoms with Gasteiger partial charge in [0.2, 0.25) is 5.91 Å². The van der Waals surface area contributed by atoms with Gasteiger partial charge in [0, 0.05) is 5.56 Å². The first-order chi connectivity index (χ1) is 7.11. The van der Waals surface area contributed by atoms with Crippen molar-refractivity contribution >= 4 is 11.6 Å². The Labute approximate surface area is 89.1 Å². The molecule has 2 N–H and O–H groups in total. The molecule has 1 unspecified atom stereocenters. The standard InChI is InChI=1S/C12H15NO2/c1-3-8-4-9-6-11(15)13-12(9)10(5-8)7(2)14/h4-5,7,14H,3,6H2,1-2H3,(H,13,15). The smallest absolute Gasteiger partial charge is 0.228 e. The Balaban J connectivity index is 2.54. The van der Waals surface area contributed by atoms with Crippen LogP contribution in [0.4, 0.5) is 5.69 Å². The largest absolute Gasteiger partial charge is 0.389 e. The number of carbonyl (C=O) groups excluding carboxylic acids is 1. The number of benzene rings is 1. The predicted molar refractivity (Wildman–Crippen MR) is 58.8 cm³/mol. The van der Waals surface area contributed by atoms with Gasteiger partial charge < -0.3 is 10.4 Å². The molecule has 0 fully saturated rings. The number of carbonyl (C=O) groups is 1. The summed E-state index contributed by atoms with van der Waals surface area (Å²) in [4.78, 5) is 11.3. The van der Waals surface area contributed by atoms with Crippen LogP contribution in [0.25, 0.3) is 0 Å². The Bertz CT molecular complexity index is 410. The number of aliphatic hydroxyl groups is 1. The maximum atomic E-state index is 11.3. The third-order valence-electron chi connectivity index (χ3n) is 2.78. The summed E-state index contributed by atoms with van der Waals surface area (Å²) in [5.74, 6) is 0.0140. The van der Waals surface area contributed by atoms with Crippen molar-refractivity contribution in [1.82, 2.24) is 0 Å². The van der Waals surface area contributed by atoms with Crippen LogP contribution in [-0.2, 0) is 17.6 Å². The van der Waals surface area contributed by atoms with Crippen molar-refractivity contribution in [3.63, 3.8) is 0 Å². The first kappa shape index (κ1) is 10.2. The Hall–Kier alpha value is -1.35. The van der Waals surface area contributed by atoms with E-state index in [0.717, 1.165) is 23.2 Å². The molecule has 1 aromatic carbocycles. The Morgan fingerprint density at radius 3 is 2.87 bits per heavy atom. The highest BCUT2D eigenvalue weighted by atomic mass is 16.3. The normalized spacial score (nSPS) is 16.1. The van der Waals surface area contributed by atoms with Crippen molar-refractivity contribution in [2.45, 2.75) is 32.8 Å². The fourth-order valence-corrected chi connectivity index (χ4v) is 1.98. The van der Waals surface area contributed by atoms with Gasteiger partial charge in [-0.05, 0) is 24.5 Å². The molecule has 15 heavy (non-hydrogen) atoms. The Morgan fingerprint density at radius 2 is 2.27 bits per heavy atom. The molecule has 0 aliphatic carbocycles. The lowest BCUT2D eigenvalue weighted by Gasteiger charge is -2.12. The second kappa shape index (κ2) is 3.66. The number of hydrogen-bond donors (Lipinski definition) is 2. The Kier molecular flexibility index (Phi) is 2.49. The van der Waals surface area contributed by atoms with Crippen LogP contribution < -0.4 is 5.32 Å². The second-order valence-electron chi connectivity index (χ2n) is 3.97. The summed E-state index contributed by atoms with van der Waals surface area (Å²) in [6.07, 6.45) is 0.813. The average molecular weight is 205 g/mol. The van der Waals surface area contributed by atoms with Crippen molar-refractivity contribution in [2.75, 3.05) is 5.32 Å². The second-order valence-corrected chi connectivity index (χ2v) is 3.97. The van der Waals surface area contributed by atoms with Gasteiger partial charge in [-0.2, -0.15) is 0 Å². The summed E-state index contributed by atoms with van der Waals surface area (Å²) >= 11 is 0. The third kappa shape index (κ3) is 1.75. The van der Waals surface area contributed by atoms with Crippen molar-refractivity contribution in [3.05, 3.63) is 28.8 Å². The molecule has 0 saturated carbocycles. The number of amides is 1. The van der Waals surface area contributed by atoms with E-state index in [0.29, 0.717) is 6.42 Å². The number of aliphatic hydroxyl groups excluding tert-OH is 1. The molecule has 0 aromatic heterocycles. The highest BCUT2D eigenvalue weighted by molar-refractivity contribution is 6.00. The number of nitrogens with one attached hydrogen (secondary N) is 1. The average Bonchev–Trinajstić information content (AvgIpc) is 2.55. The summed E-state index contributed by atoms with van der Waals surface area (Å²) in [5, 5.41) is 12.4. The van der Waals surface area contributed by atoms with Crippen molar-refractivity contribution in [3.8, 4) is 0 Å². The zero-order valence-electron chi connectivity index (χ0n) is 9.00. The summed E-state index contributed by atoms with van der Waals surface area (Å²) in [5.41, 5.74) is 3.82. The molecule has 2 rings (SSSR count).